The molecule has 1 fully saturated rings. The Morgan fingerprint density at radius 1 is 1.40 bits per heavy atom. The molecule has 3 nitrogen and oxygen atoms in total. The first-order valence-electron chi connectivity index (χ1n) is 7.69. The second-order valence-corrected chi connectivity index (χ2v) is 5.86. The molecule has 1 saturated heterocycles. The normalized spacial score (nSPS) is 20.6. The predicted octanol–water partition coefficient (Wildman–Crippen LogP) is 2.84. The first kappa shape index (κ1) is 15.5. The Kier molecular flexibility index (Phi) is 5.58. The van der Waals surface area contributed by atoms with Crippen molar-refractivity contribution in [2.24, 2.45) is 0 Å². The van der Waals surface area contributed by atoms with Gasteiger partial charge in [0.2, 0.25) is 0 Å². The number of benzene rings is 1. The summed E-state index contributed by atoms with van der Waals surface area (Å²) in [6, 6.07) is 6.26. The molecule has 0 aromatic heterocycles. The lowest BCUT2D eigenvalue weighted by atomic mass is 10.0. The number of rotatable bonds is 6. The fraction of sp³-hybridized carbons (Fsp3) is 0.647. The second kappa shape index (κ2) is 7.21. The highest BCUT2D eigenvalue weighted by Gasteiger charge is 2.21. The van der Waals surface area contributed by atoms with E-state index in [4.69, 9.17) is 4.74 Å². The maximum absolute atomic E-state index is 10.5. The first-order chi connectivity index (χ1) is 9.60. The molecule has 112 valence electrons. The minimum atomic E-state index is -0.419. The number of aliphatic hydroxyl groups is 1. The van der Waals surface area contributed by atoms with Gasteiger partial charge in [-0.15, -0.1) is 0 Å². The summed E-state index contributed by atoms with van der Waals surface area (Å²) >= 11 is 0. The Balaban J connectivity index is 1.95. The average molecular weight is 277 g/mol. The molecule has 0 bridgehead atoms. The van der Waals surface area contributed by atoms with Gasteiger partial charge in [-0.25, -0.2) is 0 Å². The van der Waals surface area contributed by atoms with Crippen LogP contribution in [-0.4, -0.2) is 42.4 Å². The zero-order chi connectivity index (χ0) is 14.5. The molecule has 0 radical (unpaired) electrons. The molecule has 1 aromatic carbocycles. The molecule has 3 heteroatoms. The lowest BCUT2D eigenvalue weighted by Crippen LogP contribution is -2.35. The van der Waals surface area contributed by atoms with Gasteiger partial charge in [0.1, 0.15) is 0 Å². The van der Waals surface area contributed by atoms with Crippen molar-refractivity contribution in [2.45, 2.75) is 45.8 Å². The van der Waals surface area contributed by atoms with E-state index in [0.717, 1.165) is 31.7 Å². The van der Waals surface area contributed by atoms with E-state index in [9.17, 15) is 5.11 Å². The SMILES string of the molecule is CCN(CC1CCCO1)CC(O)c1ccc(C)cc1C. The van der Waals surface area contributed by atoms with E-state index < -0.39 is 6.10 Å². The van der Waals surface area contributed by atoms with E-state index >= 15 is 0 Å². The molecule has 0 spiro atoms. The number of likely N-dealkylation sites (N-methyl/N-ethyl adjacent to an activating group) is 1. The summed E-state index contributed by atoms with van der Waals surface area (Å²) in [5.74, 6) is 0. The maximum atomic E-state index is 10.5. The first-order valence-corrected chi connectivity index (χ1v) is 7.69. The van der Waals surface area contributed by atoms with Gasteiger partial charge in [0.25, 0.3) is 0 Å². The van der Waals surface area contributed by atoms with Crippen molar-refractivity contribution in [3.8, 4) is 0 Å². The summed E-state index contributed by atoms with van der Waals surface area (Å²) in [6.07, 6.45) is 2.25. The summed E-state index contributed by atoms with van der Waals surface area (Å²) in [7, 11) is 0. The molecule has 20 heavy (non-hydrogen) atoms. The minimum absolute atomic E-state index is 0.348. The number of hydrogen-bond acceptors (Lipinski definition) is 3. The van der Waals surface area contributed by atoms with Crippen LogP contribution >= 0.6 is 0 Å². The third-order valence-corrected chi connectivity index (χ3v) is 4.15. The van der Waals surface area contributed by atoms with Crippen LogP contribution in [0.5, 0.6) is 0 Å². The molecular weight excluding hydrogens is 250 g/mol. The molecule has 1 aliphatic rings. The summed E-state index contributed by atoms with van der Waals surface area (Å²) in [6.45, 7) is 9.74. The van der Waals surface area contributed by atoms with Gasteiger partial charge in [0, 0.05) is 19.7 Å². The van der Waals surface area contributed by atoms with Crippen LogP contribution in [0, 0.1) is 13.8 Å². The Hall–Kier alpha value is -0.900. The summed E-state index contributed by atoms with van der Waals surface area (Å²) in [4.78, 5) is 2.29. The Morgan fingerprint density at radius 3 is 2.80 bits per heavy atom. The highest BCUT2D eigenvalue weighted by atomic mass is 16.5. The average Bonchev–Trinajstić information content (AvgIpc) is 2.90. The van der Waals surface area contributed by atoms with Crippen molar-refractivity contribution in [2.75, 3.05) is 26.2 Å². The third kappa shape index (κ3) is 4.05. The van der Waals surface area contributed by atoms with Crippen molar-refractivity contribution < 1.29 is 9.84 Å². The third-order valence-electron chi connectivity index (χ3n) is 4.15. The molecule has 1 aliphatic heterocycles. The number of hydrogen-bond donors (Lipinski definition) is 1. The van der Waals surface area contributed by atoms with Crippen molar-refractivity contribution >= 4 is 0 Å². The monoisotopic (exact) mass is 277 g/mol. The summed E-state index contributed by atoms with van der Waals surface area (Å²) < 4.78 is 5.69. The lowest BCUT2D eigenvalue weighted by molar-refractivity contribution is 0.0515. The summed E-state index contributed by atoms with van der Waals surface area (Å²) in [5, 5.41) is 10.5. The molecule has 2 atom stereocenters. The quantitative estimate of drug-likeness (QED) is 0.868. The minimum Gasteiger partial charge on any atom is -0.387 e. The van der Waals surface area contributed by atoms with Gasteiger partial charge >= 0.3 is 0 Å². The van der Waals surface area contributed by atoms with E-state index in [0.29, 0.717) is 12.6 Å². The standard InChI is InChI=1S/C17H27NO2/c1-4-18(11-15-6-5-9-20-15)12-17(19)16-8-7-13(2)10-14(16)3/h7-8,10,15,17,19H,4-6,9,11-12H2,1-3H3. The van der Waals surface area contributed by atoms with Gasteiger partial charge in [0.15, 0.2) is 0 Å². The highest BCUT2D eigenvalue weighted by Crippen LogP contribution is 2.21. The predicted molar refractivity (Wildman–Crippen MR) is 82.0 cm³/mol. The Labute approximate surface area is 122 Å². The fourth-order valence-corrected chi connectivity index (χ4v) is 2.95. The molecule has 2 rings (SSSR count). The Bertz CT molecular complexity index is 427. The molecular formula is C17H27NO2. The van der Waals surface area contributed by atoms with Gasteiger partial charge in [-0.05, 0) is 44.4 Å². The number of ether oxygens (including phenoxy) is 1. The highest BCUT2D eigenvalue weighted by molar-refractivity contribution is 5.32. The zero-order valence-corrected chi connectivity index (χ0v) is 12.9. The summed E-state index contributed by atoms with van der Waals surface area (Å²) in [5.41, 5.74) is 3.46. The van der Waals surface area contributed by atoms with Gasteiger partial charge in [0.05, 0.1) is 12.2 Å². The van der Waals surface area contributed by atoms with Gasteiger partial charge in [-0.1, -0.05) is 30.7 Å². The van der Waals surface area contributed by atoms with Gasteiger partial charge < -0.3 is 9.84 Å². The van der Waals surface area contributed by atoms with Gasteiger partial charge in [-0.3, -0.25) is 4.90 Å². The van der Waals surface area contributed by atoms with E-state index in [1.54, 1.807) is 0 Å². The topological polar surface area (TPSA) is 32.7 Å². The largest absolute Gasteiger partial charge is 0.387 e. The maximum Gasteiger partial charge on any atom is 0.0919 e. The second-order valence-electron chi connectivity index (χ2n) is 5.86. The van der Waals surface area contributed by atoms with Crippen LogP contribution in [0.15, 0.2) is 18.2 Å². The molecule has 2 unspecified atom stereocenters. The van der Waals surface area contributed by atoms with Crippen molar-refractivity contribution in [1.82, 2.24) is 4.90 Å². The zero-order valence-electron chi connectivity index (χ0n) is 12.9. The molecule has 1 N–H and O–H groups in total. The molecule has 0 amide bonds. The van der Waals surface area contributed by atoms with Crippen molar-refractivity contribution in [3.63, 3.8) is 0 Å². The Morgan fingerprint density at radius 2 is 2.20 bits per heavy atom. The molecule has 0 saturated carbocycles. The molecule has 0 aliphatic carbocycles. The fourth-order valence-electron chi connectivity index (χ4n) is 2.95. The van der Waals surface area contributed by atoms with Crippen molar-refractivity contribution in [3.05, 3.63) is 34.9 Å². The van der Waals surface area contributed by atoms with Crippen LogP contribution in [0.25, 0.3) is 0 Å². The number of aliphatic hydroxyl groups excluding tert-OH is 1. The van der Waals surface area contributed by atoms with Crippen LogP contribution in [0.4, 0.5) is 0 Å². The smallest absolute Gasteiger partial charge is 0.0919 e. The lowest BCUT2D eigenvalue weighted by Gasteiger charge is -2.26. The number of nitrogens with zero attached hydrogens (tertiary/aromatic N) is 1. The van der Waals surface area contributed by atoms with E-state index in [1.165, 1.54) is 17.5 Å². The molecule has 1 heterocycles. The number of aryl methyl sites for hydroxylation is 2. The molecule has 1 aromatic rings. The van der Waals surface area contributed by atoms with Crippen LogP contribution in [0.1, 0.15) is 42.6 Å². The van der Waals surface area contributed by atoms with Crippen LogP contribution in [0.2, 0.25) is 0 Å². The van der Waals surface area contributed by atoms with Gasteiger partial charge in [-0.2, -0.15) is 0 Å². The van der Waals surface area contributed by atoms with E-state index in [2.05, 4.69) is 43.9 Å². The van der Waals surface area contributed by atoms with E-state index in [1.807, 2.05) is 0 Å². The van der Waals surface area contributed by atoms with E-state index in [-0.39, 0.29) is 0 Å². The van der Waals surface area contributed by atoms with Crippen LogP contribution < -0.4 is 0 Å². The van der Waals surface area contributed by atoms with Crippen LogP contribution in [0.3, 0.4) is 0 Å². The van der Waals surface area contributed by atoms with Crippen LogP contribution in [-0.2, 0) is 4.74 Å². The van der Waals surface area contributed by atoms with Crippen molar-refractivity contribution in [1.29, 1.82) is 0 Å².